The van der Waals surface area contributed by atoms with E-state index in [2.05, 4.69) is 41.5 Å². The van der Waals surface area contributed by atoms with Crippen molar-refractivity contribution in [1.82, 2.24) is 10.3 Å². The number of aryl methyl sites for hydroxylation is 1. The smallest absolute Gasteiger partial charge is 0.117 e. The fourth-order valence-corrected chi connectivity index (χ4v) is 2.50. The average Bonchev–Trinajstić information content (AvgIpc) is 3.02. The molecule has 0 unspecified atom stereocenters. The van der Waals surface area contributed by atoms with E-state index in [9.17, 15) is 0 Å². The first-order valence-corrected chi connectivity index (χ1v) is 6.64. The predicted octanol–water partition coefficient (Wildman–Crippen LogP) is 3.40. The maximum absolute atomic E-state index is 5.30. The number of hydrogen-bond acceptors (Lipinski definition) is 2. The van der Waals surface area contributed by atoms with Gasteiger partial charge in [-0.05, 0) is 43.7 Å². The molecule has 0 aliphatic rings. The van der Waals surface area contributed by atoms with Crippen molar-refractivity contribution in [3.05, 3.63) is 59.7 Å². The van der Waals surface area contributed by atoms with Gasteiger partial charge in [-0.1, -0.05) is 18.2 Å². The first kappa shape index (κ1) is 12.1. The molecule has 2 N–H and O–H groups in total. The van der Waals surface area contributed by atoms with Crippen LogP contribution in [0, 0.1) is 6.92 Å². The van der Waals surface area contributed by atoms with Crippen molar-refractivity contribution >= 4 is 10.9 Å². The van der Waals surface area contributed by atoms with E-state index in [1.54, 1.807) is 6.26 Å². The van der Waals surface area contributed by atoms with Crippen LogP contribution in [0.1, 0.15) is 17.0 Å². The third-order valence-electron chi connectivity index (χ3n) is 3.46. The van der Waals surface area contributed by atoms with Gasteiger partial charge in [-0.3, -0.25) is 0 Å². The van der Waals surface area contributed by atoms with E-state index in [1.807, 2.05) is 12.1 Å². The molecule has 3 nitrogen and oxygen atoms in total. The number of aromatic nitrogens is 1. The fourth-order valence-electron chi connectivity index (χ4n) is 2.50. The van der Waals surface area contributed by atoms with Gasteiger partial charge in [-0.15, -0.1) is 0 Å². The highest BCUT2D eigenvalue weighted by Crippen LogP contribution is 2.21. The number of furan rings is 1. The molecule has 0 aliphatic carbocycles. The molecule has 0 saturated carbocycles. The molecule has 0 amide bonds. The summed E-state index contributed by atoms with van der Waals surface area (Å²) in [5.74, 6) is 0.982. The van der Waals surface area contributed by atoms with Gasteiger partial charge in [0.15, 0.2) is 0 Å². The van der Waals surface area contributed by atoms with E-state index in [1.165, 1.54) is 22.2 Å². The fraction of sp³-hybridized carbons (Fsp3) is 0.250. The van der Waals surface area contributed by atoms with Crippen LogP contribution >= 0.6 is 0 Å². The Kier molecular flexibility index (Phi) is 3.38. The monoisotopic (exact) mass is 254 g/mol. The quantitative estimate of drug-likeness (QED) is 0.685. The zero-order valence-electron chi connectivity index (χ0n) is 11.1. The molecule has 3 heteroatoms. The molecule has 3 aromatic rings. The van der Waals surface area contributed by atoms with Crippen LogP contribution in [0.15, 0.2) is 47.1 Å². The molecule has 0 atom stereocenters. The van der Waals surface area contributed by atoms with Crippen molar-refractivity contribution in [3.8, 4) is 0 Å². The number of para-hydroxylation sites is 1. The number of H-pyrrole nitrogens is 1. The minimum absolute atomic E-state index is 0.786. The van der Waals surface area contributed by atoms with Crippen LogP contribution in [0.4, 0.5) is 0 Å². The zero-order chi connectivity index (χ0) is 13.1. The van der Waals surface area contributed by atoms with E-state index in [-0.39, 0.29) is 0 Å². The summed E-state index contributed by atoms with van der Waals surface area (Å²) in [6, 6.07) is 12.4. The molecule has 0 fully saturated rings. The molecular weight excluding hydrogens is 236 g/mol. The molecule has 1 aromatic carbocycles. The lowest BCUT2D eigenvalue weighted by atomic mass is 10.1. The second kappa shape index (κ2) is 5.33. The Morgan fingerprint density at radius 2 is 2.05 bits per heavy atom. The molecule has 98 valence electrons. The SMILES string of the molecule is Cc1[nH]c2ccccc2c1CCNCc1ccco1. The summed E-state index contributed by atoms with van der Waals surface area (Å²) in [6.07, 6.45) is 2.73. The first-order valence-electron chi connectivity index (χ1n) is 6.64. The highest BCUT2D eigenvalue weighted by Gasteiger charge is 2.07. The number of benzene rings is 1. The van der Waals surface area contributed by atoms with Crippen molar-refractivity contribution in [1.29, 1.82) is 0 Å². The van der Waals surface area contributed by atoms with Crippen molar-refractivity contribution in [2.45, 2.75) is 19.9 Å². The van der Waals surface area contributed by atoms with E-state index >= 15 is 0 Å². The summed E-state index contributed by atoms with van der Waals surface area (Å²) < 4.78 is 5.30. The first-order chi connectivity index (χ1) is 9.34. The number of nitrogens with one attached hydrogen (secondary N) is 2. The summed E-state index contributed by atoms with van der Waals surface area (Å²) in [5, 5.41) is 4.74. The van der Waals surface area contributed by atoms with Gasteiger partial charge in [-0.25, -0.2) is 0 Å². The van der Waals surface area contributed by atoms with Crippen molar-refractivity contribution < 1.29 is 4.42 Å². The number of rotatable bonds is 5. The Hall–Kier alpha value is -2.00. The lowest BCUT2D eigenvalue weighted by molar-refractivity contribution is 0.484. The number of aromatic amines is 1. The molecule has 3 rings (SSSR count). The molecule has 19 heavy (non-hydrogen) atoms. The third-order valence-corrected chi connectivity index (χ3v) is 3.46. The van der Waals surface area contributed by atoms with E-state index < -0.39 is 0 Å². The summed E-state index contributed by atoms with van der Waals surface area (Å²) >= 11 is 0. The standard InChI is InChI=1S/C16H18N2O/c1-12-14(15-6-2-3-7-16(15)18-12)8-9-17-11-13-5-4-10-19-13/h2-7,10,17-18H,8-9,11H2,1H3. The molecule has 0 saturated heterocycles. The largest absolute Gasteiger partial charge is 0.468 e. The Bertz CT molecular complexity index is 653. The van der Waals surface area contributed by atoms with E-state index in [4.69, 9.17) is 4.42 Å². The van der Waals surface area contributed by atoms with Crippen LogP contribution in [0.3, 0.4) is 0 Å². The molecule has 0 aliphatic heterocycles. The van der Waals surface area contributed by atoms with Gasteiger partial charge in [0.25, 0.3) is 0 Å². The van der Waals surface area contributed by atoms with Crippen molar-refractivity contribution in [3.63, 3.8) is 0 Å². The summed E-state index contributed by atoms with van der Waals surface area (Å²) in [5.41, 5.74) is 3.89. The maximum Gasteiger partial charge on any atom is 0.117 e. The van der Waals surface area contributed by atoms with Gasteiger partial charge < -0.3 is 14.7 Å². The highest BCUT2D eigenvalue weighted by molar-refractivity contribution is 5.84. The minimum atomic E-state index is 0.786. The van der Waals surface area contributed by atoms with Crippen LogP contribution in [-0.2, 0) is 13.0 Å². The second-order valence-corrected chi connectivity index (χ2v) is 4.78. The Balaban J connectivity index is 1.63. The summed E-state index contributed by atoms with van der Waals surface area (Å²) in [7, 11) is 0. The minimum Gasteiger partial charge on any atom is -0.468 e. The molecule has 0 radical (unpaired) electrons. The molecule has 0 spiro atoms. The normalized spacial score (nSPS) is 11.2. The van der Waals surface area contributed by atoms with Crippen molar-refractivity contribution in [2.24, 2.45) is 0 Å². The van der Waals surface area contributed by atoms with Gasteiger partial charge >= 0.3 is 0 Å². The van der Waals surface area contributed by atoms with Crippen molar-refractivity contribution in [2.75, 3.05) is 6.54 Å². The number of hydrogen-bond donors (Lipinski definition) is 2. The second-order valence-electron chi connectivity index (χ2n) is 4.78. The average molecular weight is 254 g/mol. The Morgan fingerprint density at radius 1 is 1.16 bits per heavy atom. The third kappa shape index (κ3) is 2.56. The summed E-state index contributed by atoms with van der Waals surface area (Å²) in [6.45, 7) is 3.87. The Morgan fingerprint density at radius 3 is 2.89 bits per heavy atom. The molecule has 2 aromatic heterocycles. The van der Waals surface area contributed by atoms with E-state index in [0.717, 1.165) is 25.3 Å². The molecule has 0 bridgehead atoms. The molecular formula is C16H18N2O. The molecule has 2 heterocycles. The van der Waals surface area contributed by atoms with Gasteiger partial charge in [0.05, 0.1) is 12.8 Å². The topological polar surface area (TPSA) is 41.0 Å². The summed E-state index contributed by atoms with van der Waals surface area (Å²) in [4.78, 5) is 3.44. The zero-order valence-corrected chi connectivity index (χ0v) is 11.1. The number of fused-ring (bicyclic) bond motifs is 1. The van der Waals surface area contributed by atoms with Gasteiger partial charge in [-0.2, -0.15) is 0 Å². The predicted molar refractivity (Wildman–Crippen MR) is 77.2 cm³/mol. The van der Waals surface area contributed by atoms with Crippen LogP contribution < -0.4 is 5.32 Å². The lowest BCUT2D eigenvalue weighted by Crippen LogP contribution is -2.16. The van der Waals surface area contributed by atoms with E-state index in [0.29, 0.717) is 0 Å². The van der Waals surface area contributed by atoms with Crippen LogP contribution in [0.5, 0.6) is 0 Å². The van der Waals surface area contributed by atoms with Gasteiger partial charge in [0.2, 0.25) is 0 Å². The van der Waals surface area contributed by atoms with Crippen LogP contribution in [0.25, 0.3) is 10.9 Å². The Labute approximate surface area is 112 Å². The van der Waals surface area contributed by atoms with Crippen LogP contribution in [-0.4, -0.2) is 11.5 Å². The van der Waals surface area contributed by atoms with Gasteiger partial charge in [0, 0.05) is 16.6 Å². The maximum atomic E-state index is 5.30. The lowest BCUT2D eigenvalue weighted by Gasteiger charge is -2.03. The highest BCUT2D eigenvalue weighted by atomic mass is 16.3. The van der Waals surface area contributed by atoms with Crippen LogP contribution in [0.2, 0.25) is 0 Å². The van der Waals surface area contributed by atoms with Gasteiger partial charge in [0.1, 0.15) is 5.76 Å².